The van der Waals surface area contributed by atoms with Gasteiger partial charge in [-0.2, -0.15) is 0 Å². The maximum atomic E-state index is 12.5. The second-order valence-electron chi connectivity index (χ2n) is 4.56. The molecule has 92 valence electrons. The van der Waals surface area contributed by atoms with Crippen molar-refractivity contribution in [2.45, 2.75) is 19.8 Å². The molecule has 1 fully saturated rings. The van der Waals surface area contributed by atoms with Crippen LogP contribution in [0.1, 0.15) is 19.8 Å². The van der Waals surface area contributed by atoms with Gasteiger partial charge < -0.3 is 4.90 Å². The average molecular weight is 241 g/mol. The van der Waals surface area contributed by atoms with Gasteiger partial charge in [0.1, 0.15) is 11.2 Å². The fourth-order valence-corrected chi connectivity index (χ4v) is 2.41. The van der Waals surface area contributed by atoms with E-state index in [1.54, 1.807) is 4.90 Å². The monoisotopic (exact) mass is 241 g/mol. The molecule has 0 radical (unpaired) electrons. The van der Waals surface area contributed by atoms with E-state index in [1.165, 1.54) is 6.92 Å². The van der Waals surface area contributed by atoms with Crippen LogP contribution < -0.4 is 4.90 Å². The van der Waals surface area contributed by atoms with Crippen LogP contribution in [0.3, 0.4) is 0 Å². The number of nitrogens with zero attached hydrogens (tertiary/aromatic N) is 1. The minimum atomic E-state index is -1.01. The quantitative estimate of drug-likeness (QED) is 0.599. The molecule has 1 heterocycles. The molecular weight excluding hydrogens is 226 g/mol. The van der Waals surface area contributed by atoms with Crippen LogP contribution in [0.5, 0.6) is 0 Å². The van der Waals surface area contributed by atoms with E-state index in [2.05, 4.69) is 5.92 Å². The third kappa shape index (κ3) is 1.80. The maximum absolute atomic E-state index is 12.5. The average Bonchev–Trinajstić information content (AvgIpc) is 2.70. The zero-order valence-corrected chi connectivity index (χ0v) is 10.3. The number of amides is 1. The molecule has 0 saturated carbocycles. The van der Waals surface area contributed by atoms with Crippen molar-refractivity contribution in [3.05, 3.63) is 30.3 Å². The Kier molecular flexibility index (Phi) is 3.20. The molecule has 0 aromatic heterocycles. The van der Waals surface area contributed by atoms with Crippen molar-refractivity contribution in [3.63, 3.8) is 0 Å². The van der Waals surface area contributed by atoms with E-state index in [4.69, 9.17) is 6.42 Å². The smallest absolute Gasteiger partial charge is 0.241 e. The van der Waals surface area contributed by atoms with Gasteiger partial charge in [0.05, 0.1) is 0 Å². The van der Waals surface area contributed by atoms with Crippen LogP contribution in [-0.4, -0.2) is 18.2 Å². The summed E-state index contributed by atoms with van der Waals surface area (Å²) < 4.78 is 0. The summed E-state index contributed by atoms with van der Waals surface area (Å²) in [5.41, 5.74) is -0.187. The Morgan fingerprint density at radius 1 is 1.44 bits per heavy atom. The predicted octanol–water partition coefficient (Wildman–Crippen LogP) is 2.02. The first-order chi connectivity index (χ1) is 8.62. The van der Waals surface area contributed by atoms with Crippen molar-refractivity contribution >= 4 is 17.4 Å². The number of para-hydroxylation sites is 1. The van der Waals surface area contributed by atoms with Crippen LogP contribution in [0.2, 0.25) is 0 Å². The first-order valence-corrected chi connectivity index (χ1v) is 5.93. The molecule has 18 heavy (non-hydrogen) atoms. The van der Waals surface area contributed by atoms with E-state index >= 15 is 0 Å². The number of ketones is 1. The standard InChI is InChI=1S/C15H15NO2/c1-3-9-15(12(2)17)10-11-16(14(15)18)13-7-5-4-6-8-13/h1,4-8H,9-11H2,2H3. The van der Waals surface area contributed by atoms with Gasteiger partial charge in [-0.3, -0.25) is 9.59 Å². The normalized spacial score (nSPS) is 22.9. The Morgan fingerprint density at radius 3 is 2.67 bits per heavy atom. The Balaban J connectivity index is 2.34. The maximum Gasteiger partial charge on any atom is 0.241 e. The van der Waals surface area contributed by atoms with Crippen molar-refractivity contribution in [3.8, 4) is 12.3 Å². The number of hydrogen-bond donors (Lipinski definition) is 0. The van der Waals surface area contributed by atoms with Gasteiger partial charge in [0.2, 0.25) is 5.91 Å². The third-order valence-corrected chi connectivity index (χ3v) is 3.56. The van der Waals surface area contributed by atoms with Gasteiger partial charge in [0, 0.05) is 18.7 Å². The predicted molar refractivity (Wildman–Crippen MR) is 70.0 cm³/mol. The number of Topliss-reactive ketones (excluding diaryl/α,β-unsaturated/α-hetero) is 1. The lowest BCUT2D eigenvalue weighted by molar-refractivity contribution is -0.136. The van der Waals surface area contributed by atoms with Crippen LogP contribution >= 0.6 is 0 Å². The molecule has 0 aliphatic carbocycles. The summed E-state index contributed by atoms with van der Waals surface area (Å²) in [4.78, 5) is 25.9. The molecule has 1 aromatic rings. The van der Waals surface area contributed by atoms with E-state index in [1.807, 2.05) is 30.3 Å². The number of rotatable bonds is 3. The van der Waals surface area contributed by atoms with Crippen molar-refractivity contribution in [2.24, 2.45) is 5.41 Å². The summed E-state index contributed by atoms with van der Waals surface area (Å²) in [7, 11) is 0. The first kappa shape index (κ1) is 12.4. The summed E-state index contributed by atoms with van der Waals surface area (Å²) in [6.07, 6.45) is 5.99. The van der Waals surface area contributed by atoms with Crippen molar-refractivity contribution in [2.75, 3.05) is 11.4 Å². The van der Waals surface area contributed by atoms with Crippen molar-refractivity contribution in [1.82, 2.24) is 0 Å². The Morgan fingerprint density at radius 2 is 2.11 bits per heavy atom. The van der Waals surface area contributed by atoms with Crippen LogP contribution in [0.4, 0.5) is 5.69 Å². The molecule has 1 atom stereocenters. The number of benzene rings is 1. The second-order valence-corrected chi connectivity index (χ2v) is 4.56. The lowest BCUT2D eigenvalue weighted by Crippen LogP contribution is -2.39. The first-order valence-electron chi connectivity index (χ1n) is 5.93. The van der Waals surface area contributed by atoms with Crippen LogP contribution in [-0.2, 0) is 9.59 Å². The van der Waals surface area contributed by atoms with E-state index < -0.39 is 5.41 Å². The third-order valence-electron chi connectivity index (χ3n) is 3.56. The van der Waals surface area contributed by atoms with E-state index in [0.29, 0.717) is 13.0 Å². The Bertz CT molecular complexity index is 515. The molecule has 0 bridgehead atoms. The zero-order valence-electron chi connectivity index (χ0n) is 10.3. The van der Waals surface area contributed by atoms with E-state index in [0.717, 1.165) is 5.69 Å². The molecular formula is C15H15NO2. The molecule has 1 aromatic carbocycles. The van der Waals surface area contributed by atoms with E-state index in [-0.39, 0.29) is 18.1 Å². The topological polar surface area (TPSA) is 37.4 Å². The van der Waals surface area contributed by atoms with Crippen LogP contribution in [0, 0.1) is 17.8 Å². The van der Waals surface area contributed by atoms with Gasteiger partial charge >= 0.3 is 0 Å². The van der Waals surface area contributed by atoms with E-state index in [9.17, 15) is 9.59 Å². The molecule has 1 saturated heterocycles. The fraction of sp³-hybridized carbons (Fsp3) is 0.333. The zero-order chi connectivity index (χ0) is 13.2. The summed E-state index contributed by atoms with van der Waals surface area (Å²) >= 11 is 0. The van der Waals surface area contributed by atoms with Gasteiger partial charge in [0.25, 0.3) is 0 Å². The molecule has 1 unspecified atom stereocenters. The number of terminal acetylenes is 1. The van der Waals surface area contributed by atoms with Gasteiger partial charge in [-0.05, 0) is 25.5 Å². The fourth-order valence-electron chi connectivity index (χ4n) is 2.41. The number of carbonyl (C=O) groups excluding carboxylic acids is 2. The molecule has 0 spiro atoms. The summed E-state index contributed by atoms with van der Waals surface area (Å²) in [5.74, 6) is 2.16. The summed E-state index contributed by atoms with van der Waals surface area (Å²) in [5, 5.41) is 0. The highest BCUT2D eigenvalue weighted by molar-refractivity contribution is 6.13. The number of carbonyl (C=O) groups is 2. The molecule has 2 rings (SSSR count). The highest BCUT2D eigenvalue weighted by atomic mass is 16.2. The molecule has 0 N–H and O–H groups in total. The highest BCUT2D eigenvalue weighted by Gasteiger charge is 2.50. The lowest BCUT2D eigenvalue weighted by Gasteiger charge is -2.23. The van der Waals surface area contributed by atoms with Gasteiger partial charge in [-0.15, -0.1) is 12.3 Å². The minimum Gasteiger partial charge on any atom is -0.311 e. The van der Waals surface area contributed by atoms with Gasteiger partial charge in [-0.1, -0.05) is 18.2 Å². The largest absolute Gasteiger partial charge is 0.311 e. The lowest BCUT2D eigenvalue weighted by atomic mass is 9.79. The SMILES string of the molecule is C#CCC1(C(C)=O)CCN(c2ccccc2)C1=O. The summed E-state index contributed by atoms with van der Waals surface area (Å²) in [6.45, 7) is 1.99. The Labute approximate surface area is 107 Å². The highest BCUT2D eigenvalue weighted by Crippen LogP contribution is 2.38. The van der Waals surface area contributed by atoms with Gasteiger partial charge in [0.15, 0.2) is 0 Å². The van der Waals surface area contributed by atoms with Crippen molar-refractivity contribution < 1.29 is 9.59 Å². The second kappa shape index (κ2) is 4.66. The molecule has 3 nitrogen and oxygen atoms in total. The Hall–Kier alpha value is -2.08. The minimum absolute atomic E-state index is 0.135. The molecule has 1 aliphatic rings. The number of hydrogen-bond acceptors (Lipinski definition) is 2. The number of anilines is 1. The molecule has 1 aliphatic heterocycles. The van der Waals surface area contributed by atoms with Crippen LogP contribution in [0.15, 0.2) is 30.3 Å². The van der Waals surface area contributed by atoms with Gasteiger partial charge in [-0.25, -0.2) is 0 Å². The van der Waals surface area contributed by atoms with Crippen LogP contribution in [0.25, 0.3) is 0 Å². The molecule has 3 heteroatoms. The molecule has 1 amide bonds. The van der Waals surface area contributed by atoms with Crippen molar-refractivity contribution in [1.29, 1.82) is 0 Å². The summed E-state index contributed by atoms with van der Waals surface area (Å²) in [6, 6.07) is 9.37.